The molecule has 0 amide bonds. The molecule has 1 aliphatic carbocycles. The van der Waals surface area contributed by atoms with E-state index in [2.05, 4.69) is 5.10 Å². The zero-order chi connectivity index (χ0) is 18.1. The first-order chi connectivity index (χ1) is 11.9. The van der Waals surface area contributed by atoms with Crippen LogP contribution in [0, 0.1) is 24.1 Å². The van der Waals surface area contributed by atoms with Gasteiger partial charge in [0.1, 0.15) is 17.1 Å². The molecule has 0 aliphatic heterocycles. The first-order valence-corrected chi connectivity index (χ1v) is 7.91. The van der Waals surface area contributed by atoms with Crippen LogP contribution in [0.1, 0.15) is 57.7 Å². The van der Waals surface area contributed by atoms with Gasteiger partial charge in [0, 0.05) is 17.7 Å². The molecule has 0 fully saturated rings. The van der Waals surface area contributed by atoms with E-state index in [4.69, 9.17) is 10.00 Å². The maximum absolute atomic E-state index is 14.0. The fourth-order valence-electron chi connectivity index (χ4n) is 3.09. The Morgan fingerprint density at radius 2 is 2.28 bits per heavy atom. The van der Waals surface area contributed by atoms with Crippen molar-refractivity contribution in [2.45, 2.75) is 39.2 Å². The summed E-state index contributed by atoms with van der Waals surface area (Å²) in [5.41, 5.74) is 1.26. The van der Waals surface area contributed by atoms with E-state index in [1.165, 1.54) is 18.3 Å². The van der Waals surface area contributed by atoms with Gasteiger partial charge >= 0.3 is 5.97 Å². The second-order valence-corrected chi connectivity index (χ2v) is 6.03. The molecule has 0 N–H and O–H groups in total. The molecular formula is C18H16FN3O3. The van der Waals surface area contributed by atoms with E-state index in [9.17, 15) is 14.0 Å². The summed E-state index contributed by atoms with van der Waals surface area (Å²) in [4.78, 5) is 24.6. The van der Waals surface area contributed by atoms with Gasteiger partial charge in [-0.15, -0.1) is 0 Å². The number of carbonyl (C=O) groups excluding carboxylic acids is 2. The minimum absolute atomic E-state index is 0.0694. The topological polar surface area (TPSA) is 85.0 Å². The Balaban J connectivity index is 1.90. The van der Waals surface area contributed by atoms with Crippen LogP contribution in [0.4, 0.5) is 4.39 Å². The molecule has 25 heavy (non-hydrogen) atoms. The van der Waals surface area contributed by atoms with Crippen LogP contribution in [0.5, 0.6) is 5.75 Å². The van der Waals surface area contributed by atoms with Crippen LogP contribution in [-0.4, -0.2) is 21.5 Å². The van der Waals surface area contributed by atoms with Gasteiger partial charge in [-0.05, 0) is 25.0 Å². The number of Topliss-reactive ketones (excluding diaryl/α,β-unsaturated/α-hetero) is 1. The van der Waals surface area contributed by atoms with Crippen molar-refractivity contribution < 1.29 is 18.7 Å². The first kappa shape index (κ1) is 16.8. The van der Waals surface area contributed by atoms with E-state index in [1.807, 2.05) is 6.07 Å². The number of esters is 1. The van der Waals surface area contributed by atoms with Crippen molar-refractivity contribution in [1.82, 2.24) is 9.78 Å². The number of ether oxygens (including phenoxy) is 1. The summed E-state index contributed by atoms with van der Waals surface area (Å²) in [6, 6.07) is 4.53. The van der Waals surface area contributed by atoms with Crippen molar-refractivity contribution in [1.29, 1.82) is 5.26 Å². The van der Waals surface area contributed by atoms with Crippen LogP contribution in [0.3, 0.4) is 0 Å². The minimum Gasteiger partial charge on any atom is -0.422 e. The molecule has 0 saturated heterocycles. The number of nitrogens with zero attached hydrogens (tertiary/aromatic N) is 3. The molecule has 0 radical (unpaired) electrons. The van der Waals surface area contributed by atoms with Crippen LogP contribution < -0.4 is 4.74 Å². The summed E-state index contributed by atoms with van der Waals surface area (Å²) >= 11 is 0. The molecule has 1 aliphatic rings. The Morgan fingerprint density at radius 1 is 1.52 bits per heavy atom. The number of aryl methyl sites for hydroxylation is 1. The van der Waals surface area contributed by atoms with Crippen LogP contribution in [0.2, 0.25) is 0 Å². The van der Waals surface area contributed by atoms with Gasteiger partial charge in [-0.25, -0.2) is 9.18 Å². The lowest BCUT2D eigenvalue weighted by atomic mass is 10.0. The van der Waals surface area contributed by atoms with E-state index < -0.39 is 11.8 Å². The molecule has 1 unspecified atom stereocenters. The van der Waals surface area contributed by atoms with Crippen molar-refractivity contribution in [3.8, 4) is 11.8 Å². The molecule has 1 atom stereocenters. The van der Waals surface area contributed by atoms with Gasteiger partial charge in [0.05, 0.1) is 30.8 Å². The molecule has 0 bridgehead atoms. The van der Waals surface area contributed by atoms with Gasteiger partial charge in [0.15, 0.2) is 5.78 Å². The van der Waals surface area contributed by atoms with Crippen molar-refractivity contribution in [3.05, 3.63) is 46.5 Å². The van der Waals surface area contributed by atoms with Gasteiger partial charge in [-0.3, -0.25) is 9.48 Å². The second kappa shape index (κ2) is 6.48. The molecule has 3 rings (SSSR count). The largest absolute Gasteiger partial charge is 0.422 e. The molecular weight excluding hydrogens is 325 g/mol. The quantitative estimate of drug-likeness (QED) is 0.630. The zero-order valence-electron chi connectivity index (χ0n) is 13.9. The molecule has 0 saturated carbocycles. The lowest BCUT2D eigenvalue weighted by Gasteiger charge is -2.10. The van der Waals surface area contributed by atoms with E-state index in [0.29, 0.717) is 17.8 Å². The molecule has 128 valence electrons. The van der Waals surface area contributed by atoms with Crippen molar-refractivity contribution in [2.24, 2.45) is 0 Å². The lowest BCUT2D eigenvalue weighted by Crippen LogP contribution is -2.13. The van der Waals surface area contributed by atoms with Crippen molar-refractivity contribution in [3.63, 3.8) is 0 Å². The van der Waals surface area contributed by atoms with Gasteiger partial charge in [-0.2, -0.15) is 10.4 Å². The zero-order valence-corrected chi connectivity index (χ0v) is 13.9. The third-order valence-corrected chi connectivity index (χ3v) is 4.38. The fourth-order valence-corrected chi connectivity index (χ4v) is 3.09. The molecule has 1 aromatic heterocycles. The first-order valence-electron chi connectivity index (χ1n) is 7.91. The lowest BCUT2D eigenvalue weighted by molar-refractivity contribution is 0.0731. The van der Waals surface area contributed by atoms with Crippen LogP contribution in [0.15, 0.2) is 18.3 Å². The highest BCUT2D eigenvalue weighted by molar-refractivity contribution is 6.05. The van der Waals surface area contributed by atoms with Crippen LogP contribution in [0.25, 0.3) is 0 Å². The standard InChI is InChI=1S/C18H16FN3O3/c1-10-8-14(23)17-15(5-4-13(19)16(10)17)25-18(24)12-9-21-22(11(12)2)7-3-6-20/h4-5,9-10H,3,7-8H2,1-2H3. The number of hydrogen-bond acceptors (Lipinski definition) is 5. The SMILES string of the molecule is Cc1c(C(=O)Oc2ccc(F)c3c2C(=O)CC3C)cnn1CCC#N. The van der Waals surface area contributed by atoms with Gasteiger partial charge < -0.3 is 4.74 Å². The number of nitriles is 1. The summed E-state index contributed by atoms with van der Waals surface area (Å²) in [7, 11) is 0. The maximum Gasteiger partial charge on any atom is 0.347 e. The smallest absolute Gasteiger partial charge is 0.347 e. The number of carbonyl (C=O) groups is 2. The highest BCUT2D eigenvalue weighted by Crippen LogP contribution is 2.40. The molecule has 1 aromatic carbocycles. The summed E-state index contributed by atoms with van der Waals surface area (Å²) < 4.78 is 20.9. The summed E-state index contributed by atoms with van der Waals surface area (Å²) in [5, 5.41) is 12.7. The van der Waals surface area contributed by atoms with E-state index in [1.54, 1.807) is 18.5 Å². The number of benzene rings is 1. The molecule has 2 aromatic rings. The predicted octanol–water partition coefficient (Wildman–Crippen LogP) is 3.15. The Labute approximate surface area is 143 Å². The van der Waals surface area contributed by atoms with Gasteiger partial charge in [0.25, 0.3) is 0 Å². The van der Waals surface area contributed by atoms with Crippen molar-refractivity contribution >= 4 is 11.8 Å². The third-order valence-electron chi connectivity index (χ3n) is 4.38. The predicted molar refractivity (Wildman–Crippen MR) is 85.9 cm³/mol. The summed E-state index contributed by atoms with van der Waals surface area (Å²) in [6.45, 7) is 3.84. The number of aromatic nitrogens is 2. The minimum atomic E-state index is -0.665. The number of halogens is 1. The Hall–Kier alpha value is -3.01. The Morgan fingerprint density at radius 3 is 3.00 bits per heavy atom. The van der Waals surface area contributed by atoms with E-state index in [0.717, 1.165) is 0 Å². The normalized spacial score (nSPS) is 15.8. The molecule has 0 spiro atoms. The summed E-state index contributed by atoms with van der Waals surface area (Å²) in [5.74, 6) is -1.53. The van der Waals surface area contributed by atoms with E-state index >= 15 is 0 Å². The van der Waals surface area contributed by atoms with E-state index in [-0.39, 0.29) is 41.4 Å². The number of hydrogen-bond donors (Lipinski definition) is 0. The highest BCUT2D eigenvalue weighted by Gasteiger charge is 2.33. The Kier molecular flexibility index (Phi) is 4.36. The molecule has 1 heterocycles. The second-order valence-electron chi connectivity index (χ2n) is 6.03. The van der Waals surface area contributed by atoms with Crippen LogP contribution in [-0.2, 0) is 6.54 Å². The fraction of sp³-hybridized carbons (Fsp3) is 0.333. The number of rotatable bonds is 4. The summed E-state index contributed by atoms with van der Waals surface area (Å²) in [6.07, 6.45) is 1.84. The monoisotopic (exact) mass is 341 g/mol. The highest BCUT2D eigenvalue weighted by atomic mass is 19.1. The molecule has 7 heteroatoms. The maximum atomic E-state index is 14.0. The average Bonchev–Trinajstić information content (AvgIpc) is 3.08. The van der Waals surface area contributed by atoms with Gasteiger partial charge in [0.2, 0.25) is 0 Å². The number of ketones is 1. The number of fused-ring (bicyclic) bond motifs is 1. The van der Waals surface area contributed by atoms with Gasteiger partial charge in [-0.1, -0.05) is 6.92 Å². The molecule has 6 nitrogen and oxygen atoms in total. The third kappa shape index (κ3) is 2.91. The Bertz CT molecular complexity index is 911. The van der Waals surface area contributed by atoms with Crippen molar-refractivity contribution in [2.75, 3.05) is 0 Å². The average molecular weight is 341 g/mol. The van der Waals surface area contributed by atoms with Crippen LogP contribution >= 0.6 is 0 Å².